The van der Waals surface area contributed by atoms with Crippen molar-refractivity contribution in [2.24, 2.45) is 17.8 Å². The highest BCUT2D eigenvalue weighted by molar-refractivity contribution is 4.88. The fraction of sp³-hybridized carbons (Fsp3) is 1.00. The minimum Gasteiger partial charge on any atom is -0.390 e. The second-order valence-corrected chi connectivity index (χ2v) is 5.93. The molecule has 1 rings (SSSR count). The summed E-state index contributed by atoms with van der Waals surface area (Å²) in [6.07, 6.45) is 3.67. The highest BCUT2D eigenvalue weighted by Gasteiger charge is 2.38. The Balaban J connectivity index is 2.57. The summed E-state index contributed by atoms with van der Waals surface area (Å²) in [6, 6.07) is 0. The highest BCUT2D eigenvalue weighted by Crippen LogP contribution is 2.40. The van der Waals surface area contributed by atoms with E-state index in [1.807, 2.05) is 6.92 Å². The molecule has 4 atom stereocenters. The van der Waals surface area contributed by atoms with Crippen LogP contribution in [0.25, 0.3) is 0 Å². The van der Waals surface area contributed by atoms with E-state index in [0.29, 0.717) is 18.3 Å². The molecule has 17 heavy (non-hydrogen) atoms. The van der Waals surface area contributed by atoms with Gasteiger partial charge in [-0.05, 0) is 37.5 Å². The minimum atomic E-state index is -0.689. The Bertz CT molecular complexity index is 224. The lowest BCUT2D eigenvalue weighted by Crippen LogP contribution is -2.42. The molecule has 1 saturated carbocycles. The summed E-state index contributed by atoms with van der Waals surface area (Å²) in [5.41, 5.74) is -0.689. The molecular weight excluding hydrogens is 216 g/mol. The van der Waals surface area contributed by atoms with Crippen LogP contribution < -0.4 is 0 Å². The summed E-state index contributed by atoms with van der Waals surface area (Å²) in [5, 5.41) is 10.6. The third kappa shape index (κ3) is 3.94. The van der Waals surface area contributed by atoms with Gasteiger partial charge in [0.1, 0.15) is 0 Å². The molecule has 0 heterocycles. The molecule has 102 valence electrons. The average molecular weight is 244 g/mol. The maximum atomic E-state index is 10.6. The van der Waals surface area contributed by atoms with Crippen molar-refractivity contribution < 1.29 is 14.6 Å². The Hall–Kier alpha value is -0.120. The molecule has 0 saturated heterocycles. The van der Waals surface area contributed by atoms with E-state index in [-0.39, 0.29) is 6.29 Å². The Morgan fingerprint density at radius 3 is 2.24 bits per heavy atom. The van der Waals surface area contributed by atoms with Gasteiger partial charge in [0.2, 0.25) is 0 Å². The van der Waals surface area contributed by atoms with Crippen molar-refractivity contribution in [3.05, 3.63) is 0 Å². The third-order valence-electron chi connectivity index (χ3n) is 4.58. The van der Waals surface area contributed by atoms with Gasteiger partial charge in [0, 0.05) is 20.6 Å². The Kier molecular flexibility index (Phi) is 5.42. The zero-order chi connectivity index (χ0) is 13.1. The molecule has 0 spiro atoms. The number of rotatable bonds is 5. The fourth-order valence-electron chi connectivity index (χ4n) is 2.88. The first-order chi connectivity index (χ1) is 7.90. The predicted octanol–water partition coefficient (Wildman–Crippen LogP) is 2.82. The second-order valence-electron chi connectivity index (χ2n) is 5.93. The second kappa shape index (κ2) is 6.17. The van der Waals surface area contributed by atoms with E-state index in [1.165, 1.54) is 6.42 Å². The molecule has 1 aliphatic rings. The lowest BCUT2D eigenvalue weighted by molar-refractivity contribution is -0.156. The molecule has 0 aromatic rings. The molecular formula is C14H28O3. The summed E-state index contributed by atoms with van der Waals surface area (Å²) in [5.74, 6) is 1.84. The predicted molar refractivity (Wildman–Crippen MR) is 68.7 cm³/mol. The van der Waals surface area contributed by atoms with Gasteiger partial charge < -0.3 is 14.6 Å². The van der Waals surface area contributed by atoms with Gasteiger partial charge in [0.05, 0.1) is 5.60 Å². The number of ether oxygens (including phenoxy) is 2. The Morgan fingerprint density at radius 1 is 1.18 bits per heavy atom. The molecule has 1 aliphatic carbocycles. The van der Waals surface area contributed by atoms with Gasteiger partial charge in [-0.2, -0.15) is 0 Å². The molecule has 0 radical (unpaired) electrons. The summed E-state index contributed by atoms with van der Waals surface area (Å²) < 4.78 is 10.4. The number of methoxy groups -OCH3 is 2. The number of hydrogen-bond donors (Lipinski definition) is 1. The lowest BCUT2D eigenvalue weighted by Gasteiger charge is -2.41. The highest BCUT2D eigenvalue weighted by atomic mass is 16.7. The summed E-state index contributed by atoms with van der Waals surface area (Å²) in [4.78, 5) is 0. The van der Waals surface area contributed by atoms with Crippen LogP contribution in [0.1, 0.15) is 46.5 Å². The van der Waals surface area contributed by atoms with E-state index in [2.05, 4.69) is 13.8 Å². The third-order valence-corrected chi connectivity index (χ3v) is 4.58. The van der Waals surface area contributed by atoms with E-state index >= 15 is 0 Å². The van der Waals surface area contributed by atoms with E-state index in [4.69, 9.17) is 9.47 Å². The van der Waals surface area contributed by atoms with E-state index in [9.17, 15) is 5.11 Å². The van der Waals surface area contributed by atoms with Gasteiger partial charge in [-0.15, -0.1) is 0 Å². The van der Waals surface area contributed by atoms with Gasteiger partial charge in [-0.25, -0.2) is 0 Å². The van der Waals surface area contributed by atoms with Crippen LogP contribution in [0.4, 0.5) is 0 Å². The van der Waals surface area contributed by atoms with Crippen LogP contribution in [-0.2, 0) is 9.47 Å². The zero-order valence-electron chi connectivity index (χ0n) is 11.9. The van der Waals surface area contributed by atoms with Crippen LogP contribution in [0.2, 0.25) is 0 Å². The Labute approximate surface area is 105 Å². The summed E-state index contributed by atoms with van der Waals surface area (Å²) >= 11 is 0. The van der Waals surface area contributed by atoms with Crippen LogP contribution in [0, 0.1) is 17.8 Å². The van der Waals surface area contributed by atoms with Crippen molar-refractivity contribution in [3.8, 4) is 0 Å². The Morgan fingerprint density at radius 2 is 1.76 bits per heavy atom. The maximum Gasteiger partial charge on any atom is 0.159 e. The molecule has 3 heteroatoms. The lowest BCUT2D eigenvalue weighted by atomic mass is 9.69. The van der Waals surface area contributed by atoms with Gasteiger partial charge in [0.25, 0.3) is 0 Å². The van der Waals surface area contributed by atoms with Crippen molar-refractivity contribution >= 4 is 0 Å². The normalized spacial score (nSPS) is 33.7. The molecule has 0 aromatic heterocycles. The van der Waals surface area contributed by atoms with Crippen LogP contribution in [0.3, 0.4) is 0 Å². The van der Waals surface area contributed by atoms with E-state index in [1.54, 1.807) is 14.2 Å². The van der Waals surface area contributed by atoms with Crippen molar-refractivity contribution in [2.75, 3.05) is 14.2 Å². The van der Waals surface area contributed by atoms with Crippen LogP contribution in [0.5, 0.6) is 0 Å². The molecule has 4 unspecified atom stereocenters. The first kappa shape index (κ1) is 14.9. The van der Waals surface area contributed by atoms with Gasteiger partial charge >= 0.3 is 0 Å². The monoisotopic (exact) mass is 244 g/mol. The van der Waals surface area contributed by atoms with E-state index in [0.717, 1.165) is 18.8 Å². The molecule has 0 amide bonds. The smallest absolute Gasteiger partial charge is 0.159 e. The molecule has 0 aliphatic heterocycles. The molecule has 3 nitrogen and oxygen atoms in total. The zero-order valence-corrected chi connectivity index (χ0v) is 11.9. The van der Waals surface area contributed by atoms with Crippen molar-refractivity contribution in [2.45, 2.75) is 58.3 Å². The maximum absolute atomic E-state index is 10.6. The molecule has 0 aromatic carbocycles. The minimum absolute atomic E-state index is 0.306. The SMILES string of the molecule is COC(CC(C)(O)C1CCC(C)C(C)C1)OC. The fourth-order valence-corrected chi connectivity index (χ4v) is 2.88. The van der Waals surface area contributed by atoms with Crippen molar-refractivity contribution in [3.63, 3.8) is 0 Å². The molecule has 1 N–H and O–H groups in total. The van der Waals surface area contributed by atoms with Crippen LogP contribution >= 0.6 is 0 Å². The van der Waals surface area contributed by atoms with Crippen molar-refractivity contribution in [1.29, 1.82) is 0 Å². The summed E-state index contributed by atoms with van der Waals surface area (Å²) in [7, 11) is 3.24. The van der Waals surface area contributed by atoms with E-state index < -0.39 is 5.60 Å². The largest absolute Gasteiger partial charge is 0.390 e. The first-order valence-corrected chi connectivity index (χ1v) is 6.68. The van der Waals surface area contributed by atoms with Gasteiger partial charge in [-0.3, -0.25) is 0 Å². The van der Waals surface area contributed by atoms with Crippen LogP contribution in [-0.4, -0.2) is 31.2 Å². The topological polar surface area (TPSA) is 38.7 Å². The molecule has 0 bridgehead atoms. The quantitative estimate of drug-likeness (QED) is 0.756. The number of hydrogen-bond acceptors (Lipinski definition) is 3. The molecule has 1 fully saturated rings. The first-order valence-electron chi connectivity index (χ1n) is 6.68. The van der Waals surface area contributed by atoms with Gasteiger partial charge in [-0.1, -0.05) is 20.3 Å². The standard InChI is InChI=1S/C14H28O3/c1-10-6-7-12(8-11(10)2)14(3,15)9-13(16-4)17-5/h10-13,15H,6-9H2,1-5H3. The van der Waals surface area contributed by atoms with Crippen LogP contribution in [0.15, 0.2) is 0 Å². The van der Waals surface area contributed by atoms with Crippen molar-refractivity contribution in [1.82, 2.24) is 0 Å². The number of aliphatic hydroxyl groups is 1. The van der Waals surface area contributed by atoms with Gasteiger partial charge in [0.15, 0.2) is 6.29 Å². The average Bonchev–Trinajstić information content (AvgIpc) is 2.29. The summed E-state index contributed by atoms with van der Waals surface area (Å²) in [6.45, 7) is 6.52.